The predicted octanol–water partition coefficient (Wildman–Crippen LogP) is 2.82. The first-order valence-corrected chi connectivity index (χ1v) is 8.38. The summed E-state index contributed by atoms with van der Waals surface area (Å²) in [5, 5.41) is 4.12. The lowest BCUT2D eigenvalue weighted by molar-refractivity contribution is -0.123. The summed E-state index contributed by atoms with van der Waals surface area (Å²) in [5.41, 5.74) is 0.727. The van der Waals surface area contributed by atoms with E-state index in [0.29, 0.717) is 11.1 Å². The van der Waals surface area contributed by atoms with E-state index in [2.05, 4.69) is 0 Å². The smallest absolute Gasteiger partial charge is 0.328 e. The molecule has 9 heteroatoms. The highest BCUT2D eigenvalue weighted by atomic mass is 35.5. The van der Waals surface area contributed by atoms with Gasteiger partial charge >= 0.3 is 6.03 Å². The molecule has 1 aliphatic rings. The molecule has 0 aliphatic carbocycles. The van der Waals surface area contributed by atoms with Crippen LogP contribution in [0.1, 0.15) is 11.1 Å². The van der Waals surface area contributed by atoms with Crippen LogP contribution in [0, 0.1) is 5.82 Å². The Kier molecular flexibility index (Phi) is 5.60. The molecule has 1 saturated heterocycles. The number of methoxy groups -OCH3 is 1. The van der Waals surface area contributed by atoms with Crippen LogP contribution in [-0.2, 0) is 16.2 Å². The highest BCUT2D eigenvalue weighted by Gasteiger charge is 2.27. The summed E-state index contributed by atoms with van der Waals surface area (Å²) in [6.45, 7) is 0.0567. The Morgan fingerprint density at radius 3 is 2.46 bits per heavy atom. The first-order valence-electron chi connectivity index (χ1n) is 8.00. The van der Waals surface area contributed by atoms with Crippen LogP contribution in [0.25, 0.3) is 6.08 Å². The van der Waals surface area contributed by atoms with Crippen molar-refractivity contribution in [2.75, 3.05) is 7.11 Å². The Morgan fingerprint density at radius 2 is 1.82 bits per heavy atom. The molecule has 0 saturated carbocycles. The average molecular weight is 405 g/mol. The van der Waals surface area contributed by atoms with Crippen LogP contribution >= 0.6 is 11.6 Å². The van der Waals surface area contributed by atoms with Gasteiger partial charge in [0.2, 0.25) is 0 Å². The fraction of sp³-hybridized carbons (Fsp3) is 0.105. The van der Waals surface area contributed by atoms with E-state index in [1.807, 2.05) is 10.6 Å². The Bertz CT molecular complexity index is 984. The lowest BCUT2D eigenvalue weighted by atomic mass is 10.1. The van der Waals surface area contributed by atoms with Gasteiger partial charge in [-0.2, -0.15) is 0 Å². The number of barbiturate groups is 1. The summed E-state index contributed by atoms with van der Waals surface area (Å²) in [5.74, 6) is -1.55. The molecule has 4 amide bonds. The van der Waals surface area contributed by atoms with Gasteiger partial charge in [0.05, 0.1) is 12.1 Å². The number of urea groups is 1. The van der Waals surface area contributed by atoms with Gasteiger partial charge in [0.15, 0.2) is 11.5 Å². The molecule has 1 aliphatic heterocycles. The molecule has 0 spiro atoms. The van der Waals surface area contributed by atoms with Crippen LogP contribution < -0.4 is 20.1 Å². The summed E-state index contributed by atoms with van der Waals surface area (Å²) in [7, 11) is 1.40. The minimum Gasteiger partial charge on any atom is -0.493 e. The Labute approximate surface area is 164 Å². The van der Waals surface area contributed by atoms with Gasteiger partial charge in [0.25, 0.3) is 11.8 Å². The molecule has 28 heavy (non-hydrogen) atoms. The number of nitrogens with one attached hydrogen (secondary N) is 2. The zero-order chi connectivity index (χ0) is 20.3. The number of ether oxygens (including phenoxy) is 2. The molecule has 2 aromatic carbocycles. The lowest BCUT2D eigenvalue weighted by Crippen LogP contribution is -2.51. The zero-order valence-corrected chi connectivity index (χ0v) is 15.3. The number of amides is 4. The molecule has 0 radical (unpaired) electrons. The van der Waals surface area contributed by atoms with Crippen LogP contribution in [0.15, 0.2) is 42.0 Å². The molecule has 144 valence electrons. The van der Waals surface area contributed by atoms with Gasteiger partial charge in [-0.25, -0.2) is 9.18 Å². The first kappa shape index (κ1) is 19.4. The average Bonchev–Trinajstić information content (AvgIpc) is 2.63. The van der Waals surface area contributed by atoms with Crippen LogP contribution in [0.5, 0.6) is 11.5 Å². The second kappa shape index (κ2) is 8.10. The highest BCUT2D eigenvalue weighted by molar-refractivity contribution is 6.33. The Hall–Kier alpha value is -3.39. The maximum Gasteiger partial charge on any atom is 0.328 e. The van der Waals surface area contributed by atoms with Gasteiger partial charge in [-0.3, -0.25) is 20.2 Å². The maximum absolute atomic E-state index is 13.3. The number of hydrogen-bond acceptors (Lipinski definition) is 5. The van der Waals surface area contributed by atoms with Crippen molar-refractivity contribution in [1.29, 1.82) is 0 Å². The van der Waals surface area contributed by atoms with E-state index < -0.39 is 17.8 Å². The number of rotatable bonds is 5. The van der Waals surface area contributed by atoms with Crippen LogP contribution in [0.3, 0.4) is 0 Å². The van der Waals surface area contributed by atoms with E-state index in [9.17, 15) is 18.8 Å². The summed E-state index contributed by atoms with van der Waals surface area (Å²) in [4.78, 5) is 34.8. The fourth-order valence-corrected chi connectivity index (χ4v) is 2.79. The van der Waals surface area contributed by atoms with E-state index in [-0.39, 0.29) is 34.5 Å². The molecule has 0 bridgehead atoms. The zero-order valence-electron chi connectivity index (χ0n) is 14.5. The minimum absolute atomic E-state index is 0.0567. The monoisotopic (exact) mass is 404 g/mol. The SMILES string of the molecule is COc1cc(C=C2C(=O)NC(=O)NC2=O)cc(Cl)c1OCc1cccc(F)c1. The van der Waals surface area contributed by atoms with Crippen molar-refractivity contribution in [3.63, 3.8) is 0 Å². The lowest BCUT2D eigenvalue weighted by Gasteiger charge is -2.15. The summed E-state index contributed by atoms with van der Waals surface area (Å²) >= 11 is 6.26. The first-order chi connectivity index (χ1) is 13.4. The Balaban J connectivity index is 1.87. The summed E-state index contributed by atoms with van der Waals surface area (Å²) in [6.07, 6.45) is 1.27. The van der Waals surface area contributed by atoms with E-state index in [4.69, 9.17) is 21.1 Å². The van der Waals surface area contributed by atoms with Crippen molar-refractivity contribution in [3.8, 4) is 11.5 Å². The molecule has 2 aromatic rings. The third-order valence-corrected chi connectivity index (χ3v) is 4.06. The van der Waals surface area contributed by atoms with Gasteiger partial charge in [0.1, 0.15) is 18.0 Å². The van der Waals surface area contributed by atoms with Gasteiger partial charge in [-0.05, 0) is 41.5 Å². The highest BCUT2D eigenvalue weighted by Crippen LogP contribution is 2.37. The number of benzene rings is 2. The van der Waals surface area contributed by atoms with E-state index in [1.165, 1.54) is 37.5 Å². The molecule has 0 unspecified atom stereocenters. The molecule has 1 heterocycles. The second-order valence-corrected chi connectivity index (χ2v) is 6.16. The molecular weight excluding hydrogens is 391 g/mol. The fourth-order valence-electron chi connectivity index (χ4n) is 2.52. The molecule has 2 N–H and O–H groups in total. The largest absolute Gasteiger partial charge is 0.493 e. The molecule has 0 atom stereocenters. The molecule has 1 fully saturated rings. The van der Waals surface area contributed by atoms with Crippen molar-refractivity contribution in [2.45, 2.75) is 6.61 Å². The van der Waals surface area contributed by atoms with E-state index in [0.717, 1.165) is 0 Å². The van der Waals surface area contributed by atoms with Crippen molar-refractivity contribution in [1.82, 2.24) is 10.6 Å². The Morgan fingerprint density at radius 1 is 1.11 bits per heavy atom. The van der Waals surface area contributed by atoms with Gasteiger partial charge < -0.3 is 9.47 Å². The normalized spacial score (nSPS) is 13.7. The number of halogens is 2. The summed E-state index contributed by atoms with van der Waals surface area (Å²) < 4.78 is 24.2. The second-order valence-electron chi connectivity index (χ2n) is 5.75. The van der Waals surface area contributed by atoms with Crippen molar-refractivity contribution in [2.24, 2.45) is 0 Å². The minimum atomic E-state index is -0.885. The van der Waals surface area contributed by atoms with E-state index >= 15 is 0 Å². The van der Waals surface area contributed by atoms with E-state index in [1.54, 1.807) is 12.1 Å². The maximum atomic E-state index is 13.3. The third kappa shape index (κ3) is 4.29. The van der Waals surface area contributed by atoms with Crippen molar-refractivity contribution >= 4 is 35.5 Å². The molecule has 3 rings (SSSR count). The summed E-state index contributed by atoms with van der Waals surface area (Å²) in [6, 6.07) is 8.01. The van der Waals surface area contributed by atoms with Gasteiger partial charge in [-0.15, -0.1) is 0 Å². The molecular formula is C19H14ClFN2O5. The van der Waals surface area contributed by atoms with Gasteiger partial charge in [-0.1, -0.05) is 23.7 Å². The predicted molar refractivity (Wildman–Crippen MR) is 98.4 cm³/mol. The van der Waals surface area contributed by atoms with Crippen molar-refractivity contribution in [3.05, 3.63) is 63.9 Å². The number of carbonyl (C=O) groups excluding carboxylic acids is 3. The van der Waals surface area contributed by atoms with Crippen LogP contribution in [0.4, 0.5) is 9.18 Å². The molecule has 0 aromatic heterocycles. The van der Waals surface area contributed by atoms with Crippen LogP contribution in [0.2, 0.25) is 5.02 Å². The molecule has 7 nitrogen and oxygen atoms in total. The van der Waals surface area contributed by atoms with Gasteiger partial charge in [0, 0.05) is 0 Å². The number of imide groups is 2. The standard InChI is InChI=1S/C19H14ClFN2O5/c1-27-15-8-11(6-13-17(24)22-19(26)23-18(13)25)7-14(20)16(15)28-9-10-3-2-4-12(21)5-10/h2-8H,9H2,1H3,(H2,22,23,24,25,26). The number of hydrogen-bond donors (Lipinski definition) is 2. The topological polar surface area (TPSA) is 93.7 Å². The third-order valence-electron chi connectivity index (χ3n) is 3.78. The quantitative estimate of drug-likeness (QED) is 0.590. The number of carbonyl (C=O) groups is 3. The van der Waals surface area contributed by atoms with Crippen LogP contribution in [-0.4, -0.2) is 25.0 Å². The van der Waals surface area contributed by atoms with Crippen molar-refractivity contribution < 1.29 is 28.2 Å².